The minimum absolute atomic E-state index is 0.0678. The first kappa shape index (κ1) is 24.1. The summed E-state index contributed by atoms with van der Waals surface area (Å²) in [7, 11) is 5.69. The van der Waals surface area contributed by atoms with Gasteiger partial charge >= 0.3 is 0 Å². The molecule has 1 aliphatic rings. The second-order valence-electron chi connectivity index (χ2n) is 9.12. The molecule has 2 amide bonds. The van der Waals surface area contributed by atoms with E-state index < -0.39 is 11.3 Å². The molecule has 1 aliphatic carbocycles. The lowest BCUT2D eigenvalue weighted by Crippen LogP contribution is -2.37. The van der Waals surface area contributed by atoms with Gasteiger partial charge in [-0.1, -0.05) is 26.7 Å². The molecule has 1 N–H and O–H groups in total. The lowest BCUT2D eigenvalue weighted by molar-refractivity contribution is 0.0788. The summed E-state index contributed by atoms with van der Waals surface area (Å²) in [5, 5.41) is 2.85. The van der Waals surface area contributed by atoms with Crippen LogP contribution in [0.3, 0.4) is 0 Å². The summed E-state index contributed by atoms with van der Waals surface area (Å²) >= 11 is 0. The van der Waals surface area contributed by atoms with Crippen LogP contribution in [0.25, 0.3) is 0 Å². The van der Waals surface area contributed by atoms with E-state index >= 15 is 0 Å². The molecule has 0 atom stereocenters. The predicted molar refractivity (Wildman–Crippen MR) is 120 cm³/mol. The Bertz CT molecular complexity index is 779. The summed E-state index contributed by atoms with van der Waals surface area (Å²) in [6, 6.07) is 0.235. The summed E-state index contributed by atoms with van der Waals surface area (Å²) in [6.07, 6.45) is 9.23. The lowest BCUT2D eigenvalue weighted by atomic mass is 10.1. The largest absolute Gasteiger partial charge is 0.352 e. The average molecular weight is 419 g/mol. The van der Waals surface area contributed by atoms with Crippen LogP contribution < -0.4 is 10.7 Å². The van der Waals surface area contributed by atoms with E-state index in [1.807, 2.05) is 18.7 Å². The molecule has 0 unspecified atom stereocenters. The van der Waals surface area contributed by atoms with Crippen molar-refractivity contribution < 1.29 is 9.59 Å². The third-order valence-electron chi connectivity index (χ3n) is 5.72. The number of nitrogens with zero attached hydrogens (tertiary/aromatic N) is 3. The van der Waals surface area contributed by atoms with E-state index in [9.17, 15) is 14.4 Å². The van der Waals surface area contributed by atoms with Crippen LogP contribution >= 0.6 is 0 Å². The Hall–Kier alpha value is -2.15. The zero-order valence-corrected chi connectivity index (χ0v) is 19.2. The number of amides is 2. The zero-order valence-electron chi connectivity index (χ0n) is 19.2. The number of hydrogen-bond acceptors (Lipinski definition) is 4. The molecule has 2 rings (SSSR count). The van der Waals surface area contributed by atoms with Gasteiger partial charge in [-0.3, -0.25) is 14.4 Å². The van der Waals surface area contributed by atoms with E-state index in [1.165, 1.54) is 0 Å². The third kappa shape index (κ3) is 6.69. The van der Waals surface area contributed by atoms with Crippen LogP contribution in [0.1, 0.15) is 79.1 Å². The molecule has 30 heavy (non-hydrogen) atoms. The molecule has 1 fully saturated rings. The van der Waals surface area contributed by atoms with Crippen molar-refractivity contribution in [2.24, 2.45) is 5.92 Å². The Labute approximate surface area is 180 Å². The van der Waals surface area contributed by atoms with Crippen LogP contribution in [0.2, 0.25) is 0 Å². The maximum absolute atomic E-state index is 13.1. The van der Waals surface area contributed by atoms with Crippen LogP contribution in [0, 0.1) is 5.92 Å². The number of aromatic nitrogens is 1. The van der Waals surface area contributed by atoms with Gasteiger partial charge in [0.25, 0.3) is 11.8 Å². The first-order valence-corrected chi connectivity index (χ1v) is 11.1. The lowest BCUT2D eigenvalue weighted by Gasteiger charge is -2.21. The molecule has 0 aliphatic heterocycles. The fraction of sp³-hybridized carbons (Fsp3) is 0.696. The Kier molecular flexibility index (Phi) is 9.08. The topological polar surface area (TPSA) is 74.7 Å². The highest BCUT2D eigenvalue weighted by atomic mass is 16.2. The van der Waals surface area contributed by atoms with Crippen molar-refractivity contribution in [2.75, 3.05) is 40.8 Å². The van der Waals surface area contributed by atoms with Crippen molar-refractivity contribution in [3.05, 3.63) is 33.7 Å². The molecule has 1 heterocycles. The Morgan fingerprint density at radius 1 is 1.10 bits per heavy atom. The molecule has 1 saturated carbocycles. The number of pyridine rings is 1. The van der Waals surface area contributed by atoms with Crippen molar-refractivity contribution in [1.29, 1.82) is 0 Å². The Morgan fingerprint density at radius 2 is 1.73 bits per heavy atom. The highest BCUT2D eigenvalue weighted by Crippen LogP contribution is 2.29. The van der Waals surface area contributed by atoms with Crippen molar-refractivity contribution in [3.63, 3.8) is 0 Å². The van der Waals surface area contributed by atoms with E-state index in [4.69, 9.17) is 0 Å². The predicted octanol–water partition coefficient (Wildman–Crippen LogP) is 2.76. The second kappa shape index (κ2) is 11.3. The van der Waals surface area contributed by atoms with Crippen LogP contribution in [0.4, 0.5) is 0 Å². The van der Waals surface area contributed by atoms with E-state index in [1.54, 1.807) is 24.3 Å². The molecule has 168 valence electrons. The van der Waals surface area contributed by atoms with Gasteiger partial charge in [-0.15, -0.1) is 0 Å². The number of nitrogens with one attached hydrogen (secondary N) is 1. The fourth-order valence-electron chi connectivity index (χ4n) is 3.83. The first-order valence-electron chi connectivity index (χ1n) is 11.1. The minimum Gasteiger partial charge on any atom is -0.352 e. The molecule has 0 radical (unpaired) electrons. The SMILES string of the molecule is CC(C)CCNC(=O)c1cn(C2CCCC2)cc(C(=O)N(C)CCCN(C)C)c1=O. The first-order chi connectivity index (χ1) is 14.2. The maximum atomic E-state index is 13.1. The van der Waals surface area contributed by atoms with Crippen molar-refractivity contribution in [2.45, 2.75) is 58.4 Å². The number of carbonyl (C=O) groups excluding carboxylic acids is 2. The summed E-state index contributed by atoms with van der Waals surface area (Å²) in [5.74, 6) is -0.246. The van der Waals surface area contributed by atoms with Gasteiger partial charge in [-0.25, -0.2) is 0 Å². The molecule has 7 heteroatoms. The highest BCUT2D eigenvalue weighted by Gasteiger charge is 2.24. The van der Waals surface area contributed by atoms with Crippen LogP contribution in [0.15, 0.2) is 17.2 Å². The van der Waals surface area contributed by atoms with Crippen molar-refractivity contribution in [3.8, 4) is 0 Å². The van der Waals surface area contributed by atoms with Gasteiger partial charge in [0.15, 0.2) is 0 Å². The minimum atomic E-state index is -0.476. The van der Waals surface area contributed by atoms with Crippen LogP contribution in [-0.2, 0) is 0 Å². The highest BCUT2D eigenvalue weighted by molar-refractivity contribution is 5.99. The number of hydrogen-bond donors (Lipinski definition) is 1. The van der Waals surface area contributed by atoms with Crippen LogP contribution in [0.5, 0.6) is 0 Å². The standard InChI is InChI=1S/C23H38N4O3/c1-17(2)11-12-24-22(29)19-15-27(18-9-6-7-10-18)16-20(21(19)28)23(30)26(5)14-8-13-25(3)4/h15-18H,6-14H2,1-5H3,(H,24,29). The average Bonchev–Trinajstić information content (AvgIpc) is 3.21. The summed E-state index contributed by atoms with van der Waals surface area (Å²) in [6.45, 7) is 6.12. The molecule has 1 aromatic rings. The fourth-order valence-corrected chi connectivity index (χ4v) is 3.83. The quantitative estimate of drug-likeness (QED) is 0.634. The Morgan fingerprint density at radius 3 is 2.33 bits per heavy atom. The number of carbonyl (C=O) groups is 2. The summed E-state index contributed by atoms with van der Waals surface area (Å²) < 4.78 is 1.92. The molecular formula is C23H38N4O3. The molecule has 0 bridgehead atoms. The molecule has 0 saturated heterocycles. The molecular weight excluding hydrogens is 380 g/mol. The van der Waals surface area contributed by atoms with Gasteiger partial charge in [-0.05, 0) is 52.2 Å². The van der Waals surface area contributed by atoms with Gasteiger partial charge < -0.3 is 19.7 Å². The maximum Gasteiger partial charge on any atom is 0.259 e. The van der Waals surface area contributed by atoms with Crippen molar-refractivity contribution in [1.82, 2.24) is 19.7 Å². The van der Waals surface area contributed by atoms with Gasteiger partial charge in [0.2, 0.25) is 5.43 Å². The van der Waals surface area contributed by atoms with Crippen LogP contribution in [-0.4, -0.2) is 67.0 Å². The smallest absolute Gasteiger partial charge is 0.259 e. The molecule has 7 nitrogen and oxygen atoms in total. The van der Waals surface area contributed by atoms with Gasteiger partial charge in [0.1, 0.15) is 11.1 Å². The van der Waals surface area contributed by atoms with E-state index in [0.717, 1.165) is 45.1 Å². The monoisotopic (exact) mass is 418 g/mol. The van der Waals surface area contributed by atoms with Crippen molar-refractivity contribution >= 4 is 11.8 Å². The van der Waals surface area contributed by atoms with Gasteiger partial charge in [-0.2, -0.15) is 0 Å². The van der Waals surface area contributed by atoms with E-state index in [-0.39, 0.29) is 23.1 Å². The molecule has 1 aromatic heterocycles. The van der Waals surface area contributed by atoms with E-state index in [0.29, 0.717) is 19.0 Å². The number of rotatable bonds is 10. The third-order valence-corrected chi connectivity index (χ3v) is 5.72. The second-order valence-corrected chi connectivity index (χ2v) is 9.12. The summed E-state index contributed by atoms with van der Waals surface area (Å²) in [4.78, 5) is 42.5. The van der Waals surface area contributed by atoms with Gasteiger partial charge in [0.05, 0.1) is 0 Å². The Balaban J connectivity index is 2.28. The van der Waals surface area contributed by atoms with E-state index in [2.05, 4.69) is 24.1 Å². The summed E-state index contributed by atoms with van der Waals surface area (Å²) in [5.41, 5.74) is -0.320. The molecule has 0 aromatic carbocycles. The molecule has 0 spiro atoms. The zero-order chi connectivity index (χ0) is 22.3. The normalized spacial score (nSPS) is 14.5. The van der Waals surface area contributed by atoms with Gasteiger partial charge in [0, 0.05) is 38.6 Å².